The van der Waals surface area contributed by atoms with Gasteiger partial charge in [0.05, 0.1) is 11.6 Å². The number of rotatable bonds is 8. The first kappa shape index (κ1) is 19.6. The van der Waals surface area contributed by atoms with Crippen LogP contribution in [0, 0.1) is 5.92 Å². The Morgan fingerprint density at radius 1 is 1.52 bits per heavy atom. The largest absolute Gasteiger partial charge is 0.480 e. The van der Waals surface area contributed by atoms with Crippen LogP contribution in [0.25, 0.3) is 0 Å². The Balaban J connectivity index is 3.16. The molecule has 1 rings (SSSR count). The van der Waals surface area contributed by atoms with Crippen LogP contribution in [0.4, 0.5) is 0 Å². The van der Waals surface area contributed by atoms with E-state index in [1.54, 1.807) is 7.11 Å². The van der Waals surface area contributed by atoms with Crippen molar-refractivity contribution in [3.8, 4) is 0 Å². The average Bonchev–Trinajstić information content (AvgIpc) is 2.89. The van der Waals surface area contributed by atoms with Crippen molar-refractivity contribution in [3.63, 3.8) is 0 Å². The first-order valence-corrected chi connectivity index (χ1v) is 8.23. The lowest BCUT2D eigenvalue weighted by Crippen LogP contribution is -2.62. The molecular weight excluding hydrogens is 296 g/mol. The van der Waals surface area contributed by atoms with Crippen LogP contribution >= 0.6 is 0 Å². The lowest BCUT2D eigenvalue weighted by molar-refractivity contribution is -0.139. The molecule has 1 saturated heterocycles. The van der Waals surface area contributed by atoms with E-state index in [-0.39, 0.29) is 23.9 Å². The lowest BCUT2D eigenvalue weighted by Gasteiger charge is -2.41. The zero-order chi connectivity index (χ0) is 17.6. The van der Waals surface area contributed by atoms with E-state index in [4.69, 9.17) is 4.74 Å². The summed E-state index contributed by atoms with van der Waals surface area (Å²) in [4.78, 5) is 23.1. The monoisotopic (exact) mass is 326 g/mol. The maximum atomic E-state index is 11.7. The number of methoxy groups -OCH3 is 1. The number of allylic oxidation sites excluding steroid dienone is 1. The molecule has 0 aromatic carbocycles. The summed E-state index contributed by atoms with van der Waals surface area (Å²) in [6.07, 6.45) is 6.12. The zero-order valence-electron chi connectivity index (χ0n) is 14.8. The Kier molecular flexibility index (Phi) is 7.22. The molecule has 0 aliphatic carbocycles. The molecule has 0 aromatic rings. The summed E-state index contributed by atoms with van der Waals surface area (Å²) < 4.78 is 5.75. The van der Waals surface area contributed by atoms with E-state index in [0.717, 1.165) is 12.8 Å². The molecule has 1 heterocycles. The van der Waals surface area contributed by atoms with Crippen LogP contribution in [0.15, 0.2) is 12.2 Å². The van der Waals surface area contributed by atoms with Gasteiger partial charge in [-0.1, -0.05) is 25.5 Å². The number of carbonyl (C=O) groups is 2. The smallest absolute Gasteiger partial charge is 0.320 e. The number of hydrogen-bond donors (Lipinski definition) is 3. The Hall–Kier alpha value is -1.40. The quantitative estimate of drug-likeness (QED) is 0.591. The average molecular weight is 326 g/mol. The van der Waals surface area contributed by atoms with Gasteiger partial charge in [0.2, 0.25) is 5.91 Å². The highest BCUT2D eigenvalue weighted by molar-refractivity contribution is 5.75. The number of hydrogen-bond acceptors (Lipinski definition) is 4. The fourth-order valence-electron chi connectivity index (χ4n) is 3.53. The van der Waals surface area contributed by atoms with Gasteiger partial charge in [-0.15, -0.1) is 0 Å². The van der Waals surface area contributed by atoms with Crippen molar-refractivity contribution >= 4 is 11.9 Å². The van der Waals surface area contributed by atoms with Gasteiger partial charge in [0.15, 0.2) is 0 Å². The van der Waals surface area contributed by atoms with Gasteiger partial charge in [-0.2, -0.15) is 0 Å². The van der Waals surface area contributed by atoms with Gasteiger partial charge in [-0.3, -0.25) is 14.9 Å². The van der Waals surface area contributed by atoms with Crippen molar-refractivity contribution in [2.24, 2.45) is 5.92 Å². The van der Waals surface area contributed by atoms with E-state index < -0.39 is 17.6 Å². The molecule has 132 valence electrons. The molecule has 1 unspecified atom stereocenters. The maximum Gasteiger partial charge on any atom is 0.320 e. The molecule has 6 heteroatoms. The normalized spacial score (nSPS) is 28.5. The molecule has 0 aromatic heterocycles. The minimum atomic E-state index is -0.863. The molecule has 5 atom stereocenters. The van der Waals surface area contributed by atoms with Crippen molar-refractivity contribution in [3.05, 3.63) is 12.2 Å². The summed E-state index contributed by atoms with van der Waals surface area (Å²) in [5.74, 6) is -0.975. The minimum absolute atomic E-state index is 0.0317. The second-order valence-electron chi connectivity index (χ2n) is 6.45. The molecule has 0 saturated carbocycles. The summed E-state index contributed by atoms with van der Waals surface area (Å²) in [6.45, 7) is 7.43. The molecule has 0 spiro atoms. The van der Waals surface area contributed by atoms with Gasteiger partial charge in [0.25, 0.3) is 0 Å². The zero-order valence-corrected chi connectivity index (χ0v) is 14.8. The van der Waals surface area contributed by atoms with Gasteiger partial charge < -0.3 is 15.2 Å². The van der Waals surface area contributed by atoms with Crippen molar-refractivity contribution < 1.29 is 19.4 Å². The first-order chi connectivity index (χ1) is 10.8. The van der Waals surface area contributed by atoms with E-state index in [0.29, 0.717) is 6.42 Å². The predicted molar refractivity (Wildman–Crippen MR) is 89.2 cm³/mol. The van der Waals surface area contributed by atoms with Crippen LogP contribution in [-0.4, -0.2) is 47.8 Å². The number of carboxylic acids is 1. The minimum Gasteiger partial charge on any atom is -0.480 e. The third-order valence-corrected chi connectivity index (χ3v) is 4.69. The van der Waals surface area contributed by atoms with Crippen LogP contribution in [0.5, 0.6) is 0 Å². The molecule has 23 heavy (non-hydrogen) atoms. The predicted octanol–water partition coefficient (Wildman–Crippen LogP) is 1.70. The highest BCUT2D eigenvalue weighted by Crippen LogP contribution is 2.32. The highest BCUT2D eigenvalue weighted by atomic mass is 16.5. The number of aliphatic carboxylic acids is 1. The Bertz CT molecular complexity index is 452. The number of ether oxygens (including phenoxy) is 1. The number of amides is 1. The van der Waals surface area contributed by atoms with E-state index >= 15 is 0 Å². The van der Waals surface area contributed by atoms with Gasteiger partial charge in [-0.25, -0.2) is 0 Å². The van der Waals surface area contributed by atoms with Crippen molar-refractivity contribution in [2.75, 3.05) is 7.11 Å². The first-order valence-electron chi connectivity index (χ1n) is 8.23. The Morgan fingerprint density at radius 3 is 2.61 bits per heavy atom. The van der Waals surface area contributed by atoms with Crippen molar-refractivity contribution in [1.29, 1.82) is 0 Å². The van der Waals surface area contributed by atoms with Crippen LogP contribution in [0.3, 0.4) is 0 Å². The summed E-state index contributed by atoms with van der Waals surface area (Å²) in [5, 5.41) is 15.5. The highest BCUT2D eigenvalue weighted by Gasteiger charge is 2.47. The topological polar surface area (TPSA) is 87.7 Å². The van der Waals surface area contributed by atoms with Crippen molar-refractivity contribution in [2.45, 2.75) is 70.7 Å². The molecule has 0 radical (unpaired) electrons. The number of nitrogens with one attached hydrogen (secondary N) is 2. The van der Waals surface area contributed by atoms with E-state index in [9.17, 15) is 14.7 Å². The molecule has 1 aliphatic heterocycles. The van der Waals surface area contributed by atoms with Crippen LogP contribution in [0.2, 0.25) is 0 Å². The summed E-state index contributed by atoms with van der Waals surface area (Å²) in [5.41, 5.74) is -0.564. The van der Waals surface area contributed by atoms with E-state index in [1.807, 2.05) is 26.0 Å². The molecule has 3 N–H and O–H groups in total. The molecule has 1 amide bonds. The van der Waals surface area contributed by atoms with Gasteiger partial charge in [-0.05, 0) is 32.6 Å². The summed E-state index contributed by atoms with van der Waals surface area (Å²) in [6, 6.07) is -1.11. The van der Waals surface area contributed by atoms with Gasteiger partial charge in [0, 0.05) is 20.1 Å². The number of carboxylic acid groups (broad SMARTS) is 1. The standard InChI is InChI=1S/C17H30N2O4/c1-6-8-12-10-13(16(21)22)19-14(12)15(18-11(3)20)17(4,23-5)9-7-2/h6,8,12-15,19H,7,9-10H2,1-5H3,(H,18,20)(H,21,22)/b8-6-/t12-,13-,14?,15-,17-/m1/s1. The summed E-state index contributed by atoms with van der Waals surface area (Å²) >= 11 is 0. The molecule has 6 nitrogen and oxygen atoms in total. The van der Waals surface area contributed by atoms with Crippen LogP contribution in [-0.2, 0) is 14.3 Å². The SMILES string of the molecule is C/C=C\[C@@H]1C[C@H](C(=O)O)NC1[C@@H](NC(C)=O)[C@@](C)(CCC)OC. The maximum absolute atomic E-state index is 11.7. The third kappa shape index (κ3) is 4.78. The van der Waals surface area contributed by atoms with E-state index in [2.05, 4.69) is 17.6 Å². The fraction of sp³-hybridized carbons (Fsp3) is 0.765. The van der Waals surface area contributed by atoms with Gasteiger partial charge in [0.1, 0.15) is 6.04 Å². The Morgan fingerprint density at radius 2 is 2.17 bits per heavy atom. The van der Waals surface area contributed by atoms with Crippen molar-refractivity contribution in [1.82, 2.24) is 10.6 Å². The molecule has 1 fully saturated rings. The van der Waals surface area contributed by atoms with Crippen LogP contribution < -0.4 is 10.6 Å². The van der Waals surface area contributed by atoms with Gasteiger partial charge >= 0.3 is 5.97 Å². The Labute approximate surface area is 138 Å². The molecule has 0 bridgehead atoms. The summed E-state index contributed by atoms with van der Waals surface area (Å²) in [7, 11) is 1.64. The molecular formula is C17H30N2O4. The van der Waals surface area contributed by atoms with E-state index in [1.165, 1.54) is 6.92 Å². The fourth-order valence-corrected chi connectivity index (χ4v) is 3.53. The number of carbonyl (C=O) groups excluding carboxylic acids is 1. The second kappa shape index (κ2) is 8.45. The third-order valence-electron chi connectivity index (χ3n) is 4.69. The molecule has 1 aliphatic rings. The second-order valence-corrected chi connectivity index (χ2v) is 6.45. The lowest BCUT2D eigenvalue weighted by atomic mass is 9.81. The van der Waals surface area contributed by atoms with Crippen LogP contribution in [0.1, 0.15) is 47.0 Å².